The van der Waals surface area contributed by atoms with Crippen molar-refractivity contribution in [1.29, 1.82) is 0 Å². The third-order valence-corrected chi connectivity index (χ3v) is 2.85. The molecule has 2 heterocycles. The first-order valence-electron chi connectivity index (χ1n) is 6.12. The first-order chi connectivity index (χ1) is 8.74. The summed E-state index contributed by atoms with van der Waals surface area (Å²) in [6.07, 6.45) is -0.132. The van der Waals surface area contributed by atoms with Crippen LogP contribution < -0.4 is 5.32 Å². The molecule has 5 nitrogen and oxygen atoms in total. The number of hydrogen-bond donors (Lipinski definition) is 1. The Morgan fingerprint density at radius 1 is 1.50 bits per heavy atom. The molecule has 0 radical (unpaired) electrons. The van der Waals surface area contributed by atoms with Gasteiger partial charge in [-0.15, -0.1) is 0 Å². The van der Waals surface area contributed by atoms with Crippen LogP contribution in [0.1, 0.15) is 18.1 Å². The average molecular weight is 261 g/mol. The van der Waals surface area contributed by atoms with Crippen molar-refractivity contribution in [2.45, 2.75) is 25.7 Å². The zero-order chi connectivity index (χ0) is 12.8. The summed E-state index contributed by atoms with van der Waals surface area (Å²) in [6, 6.07) is 0. The summed E-state index contributed by atoms with van der Waals surface area (Å²) in [4.78, 5) is 4.22. The molecule has 7 heteroatoms. The van der Waals surface area contributed by atoms with E-state index in [4.69, 9.17) is 9.26 Å². The molecule has 1 saturated heterocycles. The molecule has 1 aromatic heterocycles. The predicted molar refractivity (Wildman–Crippen MR) is 59.5 cm³/mol. The second-order valence-corrected chi connectivity index (χ2v) is 4.38. The molecule has 102 valence electrons. The fourth-order valence-corrected chi connectivity index (χ4v) is 1.95. The van der Waals surface area contributed by atoms with Crippen LogP contribution in [-0.2, 0) is 17.6 Å². The van der Waals surface area contributed by atoms with Crippen molar-refractivity contribution < 1.29 is 18.0 Å². The molecular weight excluding hydrogens is 244 g/mol. The van der Waals surface area contributed by atoms with Crippen molar-refractivity contribution in [2.75, 3.05) is 26.3 Å². The molecule has 0 aromatic carbocycles. The Bertz CT molecular complexity index is 354. The molecule has 1 aliphatic rings. The zero-order valence-electron chi connectivity index (χ0n) is 10.1. The summed E-state index contributed by atoms with van der Waals surface area (Å²) in [5, 5.41) is 7.07. The van der Waals surface area contributed by atoms with Gasteiger partial charge in [-0.3, -0.25) is 0 Å². The van der Waals surface area contributed by atoms with E-state index >= 15 is 0 Å². The van der Waals surface area contributed by atoms with E-state index in [9.17, 15) is 8.78 Å². The molecule has 1 aliphatic heterocycles. The Kier molecular flexibility index (Phi) is 5.00. The first-order valence-corrected chi connectivity index (χ1v) is 6.12. The predicted octanol–water partition coefficient (Wildman–Crippen LogP) is 1.05. The van der Waals surface area contributed by atoms with E-state index in [0.717, 1.165) is 25.9 Å². The van der Waals surface area contributed by atoms with E-state index in [1.807, 2.05) is 0 Å². The Morgan fingerprint density at radius 3 is 3.11 bits per heavy atom. The molecule has 0 spiro atoms. The third kappa shape index (κ3) is 4.30. The second kappa shape index (κ2) is 6.75. The maximum atomic E-state index is 11.8. The lowest BCUT2D eigenvalue weighted by Crippen LogP contribution is -2.11. The Hall–Kier alpha value is -1.08. The van der Waals surface area contributed by atoms with Gasteiger partial charge < -0.3 is 14.6 Å². The van der Waals surface area contributed by atoms with Gasteiger partial charge in [0.15, 0.2) is 5.82 Å². The highest BCUT2D eigenvalue weighted by molar-refractivity contribution is 4.89. The van der Waals surface area contributed by atoms with E-state index in [0.29, 0.717) is 24.1 Å². The van der Waals surface area contributed by atoms with Crippen LogP contribution in [0.2, 0.25) is 0 Å². The molecule has 1 aromatic rings. The Balaban J connectivity index is 1.68. The van der Waals surface area contributed by atoms with Gasteiger partial charge in [-0.05, 0) is 25.4 Å². The molecule has 1 atom stereocenters. The van der Waals surface area contributed by atoms with Crippen LogP contribution in [0, 0.1) is 5.92 Å². The molecule has 0 bridgehead atoms. The number of nitrogens with one attached hydrogen (secondary N) is 1. The quantitative estimate of drug-likeness (QED) is 0.743. The SMILES string of the molecule is FC(F)COCCc1noc(CC2CCNC2)n1. The fourth-order valence-electron chi connectivity index (χ4n) is 1.95. The largest absolute Gasteiger partial charge is 0.375 e. The topological polar surface area (TPSA) is 60.2 Å². The lowest BCUT2D eigenvalue weighted by Gasteiger charge is -2.02. The van der Waals surface area contributed by atoms with Crippen LogP contribution in [-0.4, -0.2) is 42.9 Å². The lowest BCUT2D eigenvalue weighted by molar-refractivity contribution is 0.0182. The van der Waals surface area contributed by atoms with Crippen LogP contribution in [0.5, 0.6) is 0 Å². The van der Waals surface area contributed by atoms with E-state index in [2.05, 4.69) is 15.5 Å². The van der Waals surface area contributed by atoms with E-state index in [1.54, 1.807) is 0 Å². The summed E-state index contributed by atoms with van der Waals surface area (Å²) in [5.41, 5.74) is 0. The minimum Gasteiger partial charge on any atom is -0.375 e. The van der Waals surface area contributed by atoms with Gasteiger partial charge in [0.25, 0.3) is 6.43 Å². The summed E-state index contributed by atoms with van der Waals surface area (Å²) >= 11 is 0. The summed E-state index contributed by atoms with van der Waals surface area (Å²) in [7, 11) is 0. The maximum absolute atomic E-state index is 11.8. The van der Waals surface area contributed by atoms with Crippen molar-refractivity contribution in [3.63, 3.8) is 0 Å². The van der Waals surface area contributed by atoms with Crippen molar-refractivity contribution in [3.8, 4) is 0 Å². The molecule has 2 rings (SSSR count). The van der Waals surface area contributed by atoms with Gasteiger partial charge in [0.05, 0.1) is 6.61 Å². The Morgan fingerprint density at radius 2 is 2.39 bits per heavy atom. The van der Waals surface area contributed by atoms with E-state index in [1.165, 1.54) is 0 Å². The monoisotopic (exact) mass is 261 g/mol. The molecule has 0 saturated carbocycles. The molecule has 1 unspecified atom stereocenters. The number of nitrogens with zero attached hydrogens (tertiary/aromatic N) is 2. The molecular formula is C11H17F2N3O2. The smallest absolute Gasteiger partial charge is 0.261 e. The van der Waals surface area contributed by atoms with Gasteiger partial charge in [0, 0.05) is 12.8 Å². The van der Waals surface area contributed by atoms with Gasteiger partial charge in [-0.25, -0.2) is 8.78 Å². The number of halogens is 2. The molecule has 1 N–H and O–H groups in total. The molecule has 18 heavy (non-hydrogen) atoms. The van der Waals surface area contributed by atoms with Crippen molar-refractivity contribution in [1.82, 2.24) is 15.5 Å². The van der Waals surface area contributed by atoms with Gasteiger partial charge in [-0.1, -0.05) is 5.16 Å². The number of ether oxygens (including phenoxy) is 1. The van der Waals surface area contributed by atoms with Crippen molar-refractivity contribution >= 4 is 0 Å². The van der Waals surface area contributed by atoms with Crippen molar-refractivity contribution in [2.24, 2.45) is 5.92 Å². The minimum absolute atomic E-state index is 0.189. The zero-order valence-corrected chi connectivity index (χ0v) is 10.1. The van der Waals surface area contributed by atoms with Crippen LogP contribution in [0.4, 0.5) is 8.78 Å². The number of rotatable bonds is 7. The maximum Gasteiger partial charge on any atom is 0.261 e. The molecule has 0 aliphatic carbocycles. The highest BCUT2D eigenvalue weighted by Crippen LogP contribution is 2.13. The minimum atomic E-state index is -2.43. The highest BCUT2D eigenvalue weighted by atomic mass is 19.3. The highest BCUT2D eigenvalue weighted by Gasteiger charge is 2.18. The number of hydrogen-bond acceptors (Lipinski definition) is 5. The number of alkyl halides is 2. The van der Waals surface area contributed by atoms with Crippen LogP contribution in [0.25, 0.3) is 0 Å². The summed E-state index contributed by atoms with van der Waals surface area (Å²) < 4.78 is 33.5. The van der Waals surface area contributed by atoms with E-state index in [-0.39, 0.29) is 6.61 Å². The third-order valence-electron chi connectivity index (χ3n) is 2.85. The van der Waals surface area contributed by atoms with Gasteiger partial charge >= 0.3 is 0 Å². The summed E-state index contributed by atoms with van der Waals surface area (Å²) in [6.45, 7) is 1.66. The summed E-state index contributed by atoms with van der Waals surface area (Å²) in [5.74, 6) is 1.69. The average Bonchev–Trinajstić information content (AvgIpc) is 2.97. The first kappa shape index (κ1) is 13.4. The van der Waals surface area contributed by atoms with Gasteiger partial charge in [0.2, 0.25) is 5.89 Å². The standard InChI is InChI=1S/C11H17F2N3O2/c12-9(13)7-17-4-2-10-15-11(18-16-10)5-8-1-3-14-6-8/h8-9,14H,1-7H2. The van der Waals surface area contributed by atoms with Gasteiger partial charge in [0.1, 0.15) is 6.61 Å². The Labute approximate surface area is 104 Å². The number of aromatic nitrogens is 2. The van der Waals surface area contributed by atoms with Crippen LogP contribution in [0.3, 0.4) is 0 Å². The second-order valence-electron chi connectivity index (χ2n) is 4.38. The van der Waals surface area contributed by atoms with Crippen LogP contribution >= 0.6 is 0 Å². The normalized spacial score (nSPS) is 19.8. The van der Waals surface area contributed by atoms with E-state index < -0.39 is 13.0 Å². The van der Waals surface area contributed by atoms with Crippen LogP contribution in [0.15, 0.2) is 4.52 Å². The fraction of sp³-hybridized carbons (Fsp3) is 0.818. The lowest BCUT2D eigenvalue weighted by atomic mass is 10.1. The van der Waals surface area contributed by atoms with Gasteiger partial charge in [-0.2, -0.15) is 4.98 Å². The van der Waals surface area contributed by atoms with Crippen molar-refractivity contribution in [3.05, 3.63) is 11.7 Å². The molecule has 0 amide bonds. The molecule has 1 fully saturated rings.